The zero-order valence-corrected chi connectivity index (χ0v) is 9.04. The van der Waals surface area contributed by atoms with Gasteiger partial charge in [0.1, 0.15) is 0 Å². The molecule has 1 amide bonds. The van der Waals surface area contributed by atoms with Crippen LogP contribution < -0.4 is 10.6 Å². The summed E-state index contributed by atoms with van der Waals surface area (Å²) in [4.78, 5) is 21.6. The van der Waals surface area contributed by atoms with E-state index in [0.717, 1.165) is 25.9 Å². The molecule has 1 aliphatic heterocycles. The van der Waals surface area contributed by atoms with Crippen LogP contribution in [0.15, 0.2) is 0 Å². The van der Waals surface area contributed by atoms with Crippen molar-refractivity contribution in [3.05, 3.63) is 0 Å². The lowest BCUT2D eigenvalue weighted by Gasteiger charge is -2.10. The van der Waals surface area contributed by atoms with Crippen molar-refractivity contribution in [1.82, 2.24) is 10.6 Å². The highest BCUT2D eigenvalue weighted by atomic mass is 16.5. The number of methoxy groups -OCH3 is 1. The summed E-state index contributed by atoms with van der Waals surface area (Å²) in [5, 5.41) is 6.08. The van der Waals surface area contributed by atoms with Gasteiger partial charge in [-0.05, 0) is 19.4 Å². The Morgan fingerprint density at radius 2 is 2.47 bits per heavy atom. The van der Waals surface area contributed by atoms with E-state index in [2.05, 4.69) is 15.4 Å². The van der Waals surface area contributed by atoms with Crippen molar-refractivity contribution >= 4 is 11.9 Å². The first-order valence-corrected chi connectivity index (χ1v) is 5.29. The molecule has 0 aromatic rings. The van der Waals surface area contributed by atoms with Gasteiger partial charge >= 0.3 is 5.97 Å². The van der Waals surface area contributed by atoms with Crippen LogP contribution in [-0.2, 0) is 14.3 Å². The van der Waals surface area contributed by atoms with Gasteiger partial charge in [-0.1, -0.05) is 0 Å². The molecular formula is C10H18N2O3. The normalized spacial score (nSPS) is 20.1. The third kappa shape index (κ3) is 4.78. The predicted octanol–water partition coefficient (Wildman–Crippen LogP) is -0.192. The Labute approximate surface area is 89.6 Å². The van der Waals surface area contributed by atoms with Crippen LogP contribution in [0.3, 0.4) is 0 Å². The molecule has 1 atom stereocenters. The van der Waals surface area contributed by atoms with E-state index < -0.39 is 0 Å². The number of ether oxygens (including phenoxy) is 1. The summed E-state index contributed by atoms with van der Waals surface area (Å²) in [6, 6.07) is 0.260. The largest absolute Gasteiger partial charge is 0.469 e. The molecule has 15 heavy (non-hydrogen) atoms. The van der Waals surface area contributed by atoms with E-state index in [-0.39, 0.29) is 17.9 Å². The highest BCUT2D eigenvalue weighted by Crippen LogP contribution is 2.04. The van der Waals surface area contributed by atoms with Gasteiger partial charge in [0.2, 0.25) is 5.91 Å². The number of amides is 1. The molecule has 0 bridgehead atoms. The first kappa shape index (κ1) is 12.0. The number of carbonyl (C=O) groups is 2. The number of carbonyl (C=O) groups excluding carboxylic acids is 2. The van der Waals surface area contributed by atoms with Gasteiger partial charge in [-0.2, -0.15) is 0 Å². The molecule has 0 saturated carbocycles. The predicted molar refractivity (Wildman–Crippen MR) is 55.3 cm³/mol. The molecular weight excluding hydrogens is 196 g/mol. The number of hydrogen-bond acceptors (Lipinski definition) is 4. The number of rotatable bonds is 6. The second-order valence-electron chi connectivity index (χ2n) is 3.69. The summed E-state index contributed by atoms with van der Waals surface area (Å²) in [6.45, 7) is 1.56. The topological polar surface area (TPSA) is 67.4 Å². The summed E-state index contributed by atoms with van der Waals surface area (Å²) < 4.78 is 4.52. The third-order valence-corrected chi connectivity index (χ3v) is 2.44. The van der Waals surface area contributed by atoms with E-state index in [1.165, 1.54) is 7.11 Å². The second-order valence-corrected chi connectivity index (χ2v) is 3.69. The molecule has 5 heteroatoms. The molecule has 1 unspecified atom stereocenters. The number of hydrogen-bond donors (Lipinski definition) is 2. The van der Waals surface area contributed by atoms with Crippen LogP contribution in [0, 0.1) is 0 Å². The van der Waals surface area contributed by atoms with Gasteiger partial charge < -0.3 is 15.4 Å². The fourth-order valence-electron chi connectivity index (χ4n) is 1.57. The van der Waals surface area contributed by atoms with E-state index in [4.69, 9.17) is 0 Å². The minimum atomic E-state index is -0.175. The Morgan fingerprint density at radius 1 is 1.67 bits per heavy atom. The average molecular weight is 214 g/mol. The van der Waals surface area contributed by atoms with Crippen LogP contribution >= 0.6 is 0 Å². The third-order valence-electron chi connectivity index (χ3n) is 2.44. The summed E-state index contributed by atoms with van der Waals surface area (Å²) in [7, 11) is 1.39. The Kier molecular flexibility index (Phi) is 5.10. The smallest absolute Gasteiger partial charge is 0.305 e. The molecule has 1 saturated heterocycles. The first-order valence-electron chi connectivity index (χ1n) is 5.29. The van der Waals surface area contributed by atoms with Crippen molar-refractivity contribution in [2.75, 3.05) is 20.2 Å². The van der Waals surface area contributed by atoms with E-state index in [0.29, 0.717) is 12.8 Å². The van der Waals surface area contributed by atoms with Crippen molar-refractivity contribution in [3.63, 3.8) is 0 Å². The van der Waals surface area contributed by atoms with Crippen LogP contribution in [-0.4, -0.2) is 38.1 Å². The highest BCUT2D eigenvalue weighted by Gasteiger charge is 2.19. The van der Waals surface area contributed by atoms with Gasteiger partial charge in [-0.15, -0.1) is 0 Å². The number of esters is 1. The Morgan fingerprint density at radius 3 is 3.07 bits per heavy atom. The van der Waals surface area contributed by atoms with Crippen LogP contribution in [0.1, 0.15) is 25.7 Å². The van der Waals surface area contributed by atoms with Gasteiger partial charge in [-0.25, -0.2) is 0 Å². The second kappa shape index (κ2) is 6.40. The molecule has 1 aliphatic rings. The molecule has 0 aromatic carbocycles. The van der Waals surface area contributed by atoms with Crippen LogP contribution in [0.25, 0.3) is 0 Å². The standard InChI is InChI=1S/C10H18N2O3/c1-15-10(14)3-2-6-11-7-8-4-5-9(13)12-8/h8,11H,2-7H2,1H3,(H,12,13). The van der Waals surface area contributed by atoms with Crippen molar-refractivity contribution in [3.8, 4) is 0 Å². The van der Waals surface area contributed by atoms with Gasteiger partial charge in [0.15, 0.2) is 0 Å². The maximum atomic E-state index is 10.9. The summed E-state index contributed by atoms with van der Waals surface area (Å²) in [5.41, 5.74) is 0. The summed E-state index contributed by atoms with van der Waals surface area (Å²) in [5.74, 6) is -0.0395. The SMILES string of the molecule is COC(=O)CCCNCC1CCC(=O)N1. The molecule has 1 fully saturated rings. The minimum Gasteiger partial charge on any atom is -0.469 e. The molecule has 5 nitrogen and oxygen atoms in total. The lowest BCUT2D eigenvalue weighted by Crippen LogP contribution is -2.36. The molecule has 2 N–H and O–H groups in total. The maximum absolute atomic E-state index is 10.9. The van der Waals surface area contributed by atoms with Crippen molar-refractivity contribution in [2.45, 2.75) is 31.7 Å². The Hall–Kier alpha value is -1.10. The van der Waals surface area contributed by atoms with Gasteiger partial charge in [0, 0.05) is 25.4 Å². The van der Waals surface area contributed by atoms with Gasteiger partial charge in [-0.3, -0.25) is 9.59 Å². The summed E-state index contributed by atoms with van der Waals surface area (Å²) >= 11 is 0. The van der Waals surface area contributed by atoms with E-state index in [1.54, 1.807) is 0 Å². The molecule has 1 heterocycles. The first-order chi connectivity index (χ1) is 7.22. The van der Waals surface area contributed by atoms with E-state index in [1.807, 2.05) is 0 Å². The highest BCUT2D eigenvalue weighted by molar-refractivity contribution is 5.78. The van der Waals surface area contributed by atoms with Gasteiger partial charge in [0.25, 0.3) is 0 Å². The van der Waals surface area contributed by atoms with E-state index in [9.17, 15) is 9.59 Å². The lowest BCUT2D eigenvalue weighted by atomic mass is 10.2. The minimum absolute atomic E-state index is 0.136. The summed E-state index contributed by atoms with van der Waals surface area (Å²) in [6.07, 6.45) is 2.76. The molecule has 86 valence electrons. The lowest BCUT2D eigenvalue weighted by molar-refractivity contribution is -0.140. The fraction of sp³-hybridized carbons (Fsp3) is 0.800. The van der Waals surface area contributed by atoms with Gasteiger partial charge in [0.05, 0.1) is 7.11 Å². The zero-order chi connectivity index (χ0) is 11.1. The van der Waals surface area contributed by atoms with Crippen LogP contribution in [0.5, 0.6) is 0 Å². The van der Waals surface area contributed by atoms with Crippen molar-refractivity contribution in [2.24, 2.45) is 0 Å². The zero-order valence-electron chi connectivity index (χ0n) is 9.04. The van der Waals surface area contributed by atoms with Crippen molar-refractivity contribution in [1.29, 1.82) is 0 Å². The number of nitrogens with one attached hydrogen (secondary N) is 2. The Bertz CT molecular complexity index is 231. The monoisotopic (exact) mass is 214 g/mol. The van der Waals surface area contributed by atoms with Crippen LogP contribution in [0.4, 0.5) is 0 Å². The quantitative estimate of drug-likeness (QED) is 0.475. The van der Waals surface area contributed by atoms with Crippen molar-refractivity contribution < 1.29 is 14.3 Å². The Balaban J connectivity index is 1.93. The maximum Gasteiger partial charge on any atom is 0.305 e. The van der Waals surface area contributed by atoms with E-state index >= 15 is 0 Å². The molecule has 0 aromatic heterocycles. The molecule has 0 spiro atoms. The average Bonchev–Trinajstić information content (AvgIpc) is 2.63. The van der Waals surface area contributed by atoms with Crippen LogP contribution in [0.2, 0.25) is 0 Å². The molecule has 0 radical (unpaired) electrons. The molecule has 1 rings (SSSR count). The fourth-order valence-corrected chi connectivity index (χ4v) is 1.57. The molecule has 0 aliphatic carbocycles.